The van der Waals surface area contributed by atoms with E-state index in [1.165, 1.54) is 0 Å². The maximum absolute atomic E-state index is 13.3. The molecular weight excluding hydrogens is 549 g/mol. The fourth-order valence-corrected chi connectivity index (χ4v) is 5.17. The molecule has 0 aliphatic carbocycles. The number of imidazole rings is 1. The molecule has 5 rings (SSSR count). The minimum atomic E-state index is -0.887. The zero-order valence-corrected chi connectivity index (χ0v) is 23.2. The predicted octanol–water partition coefficient (Wildman–Crippen LogP) is 4.68. The van der Waals surface area contributed by atoms with Gasteiger partial charge in [-0.25, -0.2) is 4.98 Å². The monoisotopic (exact) mass is 577 g/mol. The highest BCUT2D eigenvalue weighted by Gasteiger charge is 2.28. The van der Waals surface area contributed by atoms with Crippen molar-refractivity contribution in [3.05, 3.63) is 117 Å². The number of carbonyl (C=O) groups is 2. The van der Waals surface area contributed by atoms with Gasteiger partial charge < -0.3 is 25.7 Å². The van der Waals surface area contributed by atoms with E-state index < -0.39 is 17.9 Å². The number of benzene rings is 3. The molecule has 0 spiro atoms. The summed E-state index contributed by atoms with van der Waals surface area (Å²) in [5.74, 6) is -0.538. The van der Waals surface area contributed by atoms with Gasteiger partial charge in [0.25, 0.3) is 5.91 Å². The van der Waals surface area contributed by atoms with Gasteiger partial charge in [0.05, 0.1) is 24.2 Å². The van der Waals surface area contributed by atoms with Crippen molar-refractivity contribution in [1.29, 1.82) is 0 Å². The third-order valence-corrected chi connectivity index (χ3v) is 7.38. The molecule has 206 valence electrons. The highest BCUT2D eigenvalue weighted by molar-refractivity contribution is 6.30. The molecule has 1 aliphatic rings. The van der Waals surface area contributed by atoms with Crippen LogP contribution in [0, 0.1) is 0 Å². The Morgan fingerprint density at radius 1 is 1.05 bits per heavy atom. The first-order chi connectivity index (χ1) is 19.4. The van der Waals surface area contributed by atoms with Crippen molar-refractivity contribution in [3.63, 3.8) is 0 Å². The van der Waals surface area contributed by atoms with Crippen LogP contribution in [0.5, 0.6) is 5.75 Å². The zero-order chi connectivity index (χ0) is 28.1. The lowest BCUT2D eigenvalue weighted by Crippen LogP contribution is -2.46. The van der Waals surface area contributed by atoms with E-state index in [4.69, 9.17) is 33.7 Å². The zero-order valence-electron chi connectivity index (χ0n) is 21.6. The van der Waals surface area contributed by atoms with Gasteiger partial charge in [-0.15, -0.1) is 0 Å². The van der Waals surface area contributed by atoms with E-state index in [0.29, 0.717) is 41.1 Å². The second-order valence-electron chi connectivity index (χ2n) is 9.70. The maximum atomic E-state index is 13.3. The molecule has 40 heavy (non-hydrogen) atoms. The molecule has 10 heteroatoms. The lowest BCUT2D eigenvalue weighted by atomic mass is 9.96. The van der Waals surface area contributed by atoms with Crippen molar-refractivity contribution >= 4 is 35.0 Å². The lowest BCUT2D eigenvalue weighted by Gasteiger charge is -2.28. The second kappa shape index (κ2) is 12.6. The molecule has 1 aromatic heterocycles. The lowest BCUT2D eigenvalue weighted by molar-refractivity contribution is -0.119. The standard InChI is InChI=1S/C30H29Cl2N5O3/c31-21-9-7-19(8-10-21)14-27(29(33)38)36-30(39)25-6-2-5-24-26(11-12-40-28(24)25)35-16-23-15-34-18-37(23)17-20-3-1-4-22(32)13-20/h1-10,13,15,18,26-27,35H,11-12,14,16-17H2,(H2,33,38)(H,36,39)/t26?,27-/m0/s1. The smallest absolute Gasteiger partial charge is 0.255 e. The van der Waals surface area contributed by atoms with Gasteiger partial charge in [0, 0.05) is 53.8 Å². The van der Waals surface area contributed by atoms with Gasteiger partial charge in [-0.3, -0.25) is 9.59 Å². The normalized spacial score (nSPS) is 15.1. The topological polar surface area (TPSA) is 111 Å². The molecule has 0 saturated heterocycles. The fourth-order valence-electron chi connectivity index (χ4n) is 4.83. The first kappa shape index (κ1) is 27.7. The van der Waals surface area contributed by atoms with Crippen LogP contribution in [0.4, 0.5) is 0 Å². The number of para-hydroxylation sites is 1. The van der Waals surface area contributed by atoms with Crippen molar-refractivity contribution in [2.75, 3.05) is 6.61 Å². The number of hydrogen-bond acceptors (Lipinski definition) is 5. The molecule has 2 amide bonds. The van der Waals surface area contributed by atoms with E-state index in [9.17, 15) is 9.59 Å². The summed E-state index contributed by atoms with van der Waals surface area (Å²) < 4.78 is 8.05. The van der Waals surface area contributed by atoms with Crippen LogP contribution in [0.2, 0.25) is 10.0 Å². The van der Waals surface area contributed by atoms with Crippen LogP contribution in [0.25, 0.3) is 0 Å². The molecule has 0 bridgehead atoms. The number of hydrogen-bond donors (Lipinski definition) is 3. The van der Waals surface area contributed by atoms with Gasteiger partial charge >= 0.3 is 0 Å². The molecule has 0 saturated carbocycles. The molecule has 1 unspecified atom stereocenters. The van der Waals surface area contributed by atoms with Crippen LogP contribution in [0.1, 0.15) is 45.2 Å². The van der Waals surface area contributed by atoms with Gasteiger partial charge in [-0.1, -0.05) is 59.6 Å². The van der Waals surface area contributed by atoms with Crippen LogP contribution >= 0.6 is 23.2 Å². The summed E-state index contributed by atoms with van der Waals surface area (Å²) in [5, 5.41) is 7.66. The minimum absolute atomic E-state index is 0.0352. The summed E-state index contributed by atoms with van der Waals surface area (Å²) in [4.78, 5) is 29.8. The van der Waals surface area contributed by atoms with E-state index in [1.54, 1.807) is 36.7 Å². The number of primary amides is 1. The van der Waals surface area contributed by atoms with Crippen LogP contribution in [0.15, 0.2) is 79.3 Å². The molecule has 0 fully saturated rings. The molecule has 4 N–H and O–H groups in total. The number of nitrogens with zero attached hydrogens (tertiary/aromatic N) is 2. The van der Waals surface area contributed by atoms with Crippen LogP contribution in [0.3, 0.4) is 0 Å². The summed E-state index contributed by atoms with van der Waals surface area (Å²) >= 11 is 12.1. The summed E-state index contributed by atoms with van der Waals surface area (Å²) in [7, 11) is 0. The van der Waals surface area contributed by atoms with Gasteiger partial charge in [0.15, 0.2) is 0 Å². The molecule has 2 heterocycles. The predicted molar refractivity (Wildman–Crippen MR) is 155 cm³/mol. The first-order valence-corrected chi connectivity index (χ1v) is 13.7. The number of nitrogens with two attached hydrogens (primary N) is 1. The number of fused-ring (bicyclic) bond motifs is 1. The largest absolute Gasteiger partial charge is 0.492 e. The van der Waals surface area contributed by atoms with E-state index in [-0.39, 0.29) is 12.5 Å². The fraction of sp³-hybridized carbons (Fsp3) is 0.233. The molecule has 1 aliphatic heterocycles. The van der Waals surface area contributed by atoms with Gasteiger partial charge in [0.1, 0.15) is 11.8 Å². The summed E-state index contributed by atoms with van der Waals surface area (Å²) in [6, 6.07) is 19.4. The van der Waals surface area contributed by atoms with Crippen molar-refractivity contribution < 1.29 is 14.3 Å². The van der Waals surface area contributed by atoms with Crippen molar-refractivity contribution in [2.24, 2.45) is 5.73 Å². The minimum Gasteiger partial charge on any atom is -0.492 e. The Hall–Kier alpha value is -3.85. The third-order valence-electron chi connectivity index (χ3n) is 6.89. The highest BCUT2D eigenvalue weighted by Crippen LogP contribution is 2.35. The third kappa shape index (κ3) is 6.65. The van der Waals surface area contributed by atoms with Crippen molar-refractivity contribution in [3.8, 4) is 5.75 Å². The molecular formula is C30H29Cl2N5O3. The summed E-state index contributed by atoms with van der Waals surface area (Å²) in [6.07, 6.45) is 4.63. The Bertz CT molecular complexity index is 1510. The number of carbonyl (C=O) groups excluding carboxylic acids is 2. The van der Waals surface area contributed by atoms with Crippen molar-refractivity contribution in [1.82, 2.24) is 20.2 Å². The number of amides is 2. The Morgan fingerprint density at radius 2 is 1.85 bits per heavy atom. The van der Waals surface area contributed by atoms with Gasteiger partial charge in [-0.05, 0) is 41.5 Å². The molecule has 4 aromatic rings. The van der Waals surface area contributed by atoms with E-state index >= 15 is 0 Å². The van der Waals surface area contributed by atoms with Crippen LogP contribution in [-0.4, -0.2) is 34.0 Å². The number of halogens is 2. The second-order valence-corrected chi connectivity index (χ2v) is 10.6. The Kier molecular flexibility index (Phi) is 8.69. The number of rotatable bonds is 10. The first-order valence-electron chi connectivity index (χ1n) is 12.9. The number of aromatic nitrogens is 2. The molecule has 3 aromatic carbocycles. The summed E-state index contributed by atoms with van der Waals surface area (Å²) in [5.41, 5.74) is 9.80. The average molecular weight is 579 g/mol. The Labute approximate surface area is 242 Å². The van der Waals surface area contributed by atoms with Crippen LogP contribution in [-0.2, 0) is 24.3 Å². The van der Waals surface area contributed by atoms with Crippen molar-refractivity contribution in [2.45, 2.75) is 38.0 Å². The molecule has 0 radical (unpaired) electrons. The van der Waals surface area contributed by atoms with E-state index in [1.807, 2.05) is 42.6 Å². The quantitative estimate of drug-likeness (QED) is 0.253. The Morgan fingerprint density at radius 3 is 2.62 bits per heavy atom. The average Bonchev–Trinajstić information content (AvgIpc) is 3.38. The summed E-state index contributed by atoms with van der Waals surface area (Å²) in [6.45, 7) is 1.68. The van der Waals surface area contributed by atoms with Gasteiger partial charge in [-0.2, -0.15) is 0 Å². The number of nitrogens with one attached hydrogen (secondary N) is 2. The van der Waals surface area contributed by atoms with Crippen LogP contribution < -0.4 is 21.1 Å². The van der Waals surface area contributed by atoms with E-state index in [2.05, 4.69) is 20.2 Å². The van der Waals surface area contributed by atoms with E-state index in [0.717, 1.165) is 28.8 Å². The van der Waals surface area contributed by atoms with Gasteiger partial charge in [0.2, 0.25) is 5.91 Å². The Balaban J connectivity index is 1.28. The highest BCUT2D eigenvalue weighted by atomic mass is 35.5. The maximum Gasteiger partial charge on any atom is 0.255 e. The molecule has 2 atom stereocenters. The molecule has 8 nitrogen and oxygen atoms in total. The number of ether oxygens (including phenoxy) is 1. The SMILES string of the molecule is NC(=O)[C@H](Cc1ccc(Cl)cc1)NC(=O)c1cccc2c1OCCC2NCc1cncn1Cc1cccc(Cl)c1.